The quantitative estimate of drug-likeness (QED) is 0.556. The maximum atomic E-state index is 11.9. The molecule has 0 spiro atoms. The normalized spacial score (nSPS) is 24.4. The fourth-order valence-corrected chi connectivity index (χ4v) is 1.77. The second kappa shape index (κ2) is 5.25. The van der Waals surface area contributed by atoms with Crippen molar-refractivity contribution in [2.75, 3.05) is 13.2 Å². The average molecular weight is 243 g/mol. The lowest BCUT2D eigenvalue weighted by Gasteiger charge is -2.27. The van der Waals surface area contributed by atoms with E-state index in [1.54, 1.807) is 20.8 Å². The van der Waals surface area contributed by atoms with Crippen LogP contribution >= 0.6 is 0 Å². The number of hydrogen-bond acceptors (Lipinski definition) is 5. The van der Waals surface area contributed by atoms with Crippen LogP contribution in [0.5, 0.6) is 0 Å². The van der Waals surface area contributed by atoms with Crippen molar-refractivity contribution in [3.05, 3.63) is 0 Å². The fourth-order valence-electron chi connectivity index (χ4n) is 1.77. The highest BCUT2D eigenvalue weighted by molar-refractivity contribution is 5.69. The maximum Gasteiger partial charge on any atom is 0.410 e. The Morgan fingerprint density at radius 3 is 2.76 bits per heavy atom. The van der Waals surface area contributed by atoms with E-state index in [2.05, 4.69) is 10.0 Å². The van der Waals surface area contributed by atoms with Gasteiger partial charge in [0.2, 0.25) is 4.91 Å². The van der Waals surface area contributed by atoms with Crippen LogP contribution in [0, 0.1) is 5.53 Å². The molecule has 1 rings (SSSR count). The molecule has 1 saturated heterocycles. The smallest absolute Gasteiger partial charge is 0.410 e. The molecule has 0 saturated carbocycles. The third-order valence-corrected chi connectivity index (χ3v) is 2.45. The summed E-state index contributed by atoms with van der Waals surface area (Å²) in [5.74, 6) is 0. The molecular formula is C10H19N4O3+. The highest BCUT2D eigenvalue weighted by Crippen LogP contribution is 2.22. The Morgan fingerprint density at radius 2 is 2.29 bits per heavy atom. The van der Waals surface area contributed by atoms with Crippen molar-refractivity contribution in [3.63, 3.8) is 0 Å². The molecule has 7 nitrogen and oxygen atoms in total. The summed E-state index contributed by atoms with van der Waals surface area (Å²) in [4.78, 5) is 16.3. The van der Waals surface area contributed by atoms with Gasteiger partial charge in [0, 0.05) is 6.42 Å². The van der Waals surface area contributed by atoms with Gasteiger partial charge in [-0.05, 0) is 20.8 Å². The SMILES string of the molecule is CC(C)(C)OC(=O)N1C[C@@H](N=[N+]=N)C[C@H]1CO. The van der Waals surface area contributed by atoms with Gasteiger partial charge < -0.3 is 14.7 Å². The minimum absolute atomic E-state index is 0.136. The van der Waals surface area contributed by atoms with Crippen LogP contribution < -0.4 is 4.91 Å². The van der Waals surface area contributed by atoms with Gasteiger partial charge in [0.1, 0.15) is 16.2 Å². The van der Waals surface area contributed by atoms with Gasteiger partial charge in [-0.25, -0.2) is 4.79 Å². The topological polar surface area (TPSA) is 100 Å². The number of nitrogens with zero attached hydrogens (tertiary/aromatic N) is 3. The molecule has 1 aliphatic heterocycles. The van der Waals surface area contributed by atoms with E-state index in [-0.39, 0.29) is 18.7 Å². The van der Waals surface area contributed by atoms with Crippen molar-refractivity contribution in [1.82, 2.24) is 9.81 Å². The molecule has 1 amide bonds. The number of hydrogen-bond donors (Lipinski definition) is 2. The number of amides is 1. The van der Waals surface area contributed by atoms with E-state index in [9.17, 15) is 9.90 Å². The Kier molecular flexibility index (Phi) is 4.20. The molecule has 0 unspecified atom stereocenters. The lowest BCUT2D eigenvalue weighted by molar-refractivity contribution is 0.0174. The van der Waals surface area contributed by atoms with Gasteiger partial charge in [0.05, 0.1) is 19.2 Å². The summed E-state index contributed by atoms with van der Waals surface area (Å²) in [7, 11) is 0. The van der Waals surface area contributed by atoms with Crippen molar-refractivity contribution >= 4 is 6.09 Å². The largest absolute Gasteiger partial charge is 0.444 e. The second-order valence-electron chi connectivity index (χ2n) is 5.07. The van der Waals surface area contributed by atoms with E-state index in [4.69, 9.17) is 10.3 Å². The second-order valence-corrected chi connectivity index (χ2v) is 5.07. The van der Waals surface area contributed by atoms with Gasteiger partial charge in [0.15, 0.2) is 6.04 Å². The molecule has 0 aromatic heterocycles. The summed E-state index contributed by atoms with van der Waals surface area (Å²) in [5.41, 5.74) is 6.11. The predicted molar refractivity (Wildman–Crippen MR) is 59.5 cm³/mol. The summed E-state index contributed by atoms with van der Waals surface area (Å²) in [5, 5.41) is 12.9. The molecule has 1 heterocycles. The minimum Gasteiger partial charge on any atom is -0.444 e. The molecule has 0 bridgehead atoms. The van der Waals surface area contributed by atoms with Gasteiger partial charge in [0.25, 0.3) is 0 Å². The van der Waals surface area contributed by atoms with Gasteiger partial charge in [-0.1, -0.05) is 0 Å². The first-order chi connectivity index (χ1) is 7.87. The van der Waals surface area contributed by atoms with Gasteiger partial charge in [-0.3, -0.25) is 0 Å². The molecule has 7 heteroatoms. The summed E-state index contributed by atoms with van der Waals surface area (Å²) < 4.78 is 5.24. The van der Waals surface area contributed by atoms with Crippen LogP contribution in [0.2, 0.25) is 0 Å². The highest BCUT2D eigenvalue weighted by Gasteiger charge is 2.39. The maximum absolute atomic E-state index is 11.9. The number of aliphatic hydroxyl groups excluding tert-OH is 1. The number of carbonyl (C=O) groups is 1. The Labute approximate surface area is 100.0 Å². The fraction of sp³-hybridized carbons (Fsp3) is 0.900. The van der Waals surface area contributed by atoms with E-state index in [1.807, 2.05) is 0 Å². The summed E-state index contributed by atoms with van der Waals surface area (Å²) in [6.45, 7) is 5.56. The van der Waals surface area contributed by atoms with E-state index in [0.717, 1.165) is 0 Å². The van der Waals surface area contributed by atoms with Crippen LogP contribution in [-0.2, 0) is 4.74 Å². The monoisotopic (exact) mass is 243 g/mol. The van der Waals surface area contributed by atoms with Crippen LogP contribution in [0.3, 0.4) is 0 Å². The zero-order chi connectivity index (χ0) is 13.1. The number of likely N-dealkylation sites (tertiary alicyclic amines) is 1. The van der Waals surface area contributed by atoms with E-state index in [0.29, 0.717) is 13.0 Å². The van der Waals surface area contributed by atoms with Crippen molar-refractivity contribution in [2.45, 2.75) is 44.9 Å². The van der Waals surface area contributed by atoms with Crippen LogP contribution in [0.25, 0.3) is 0 Å². The third kappa shape index (κ3) is 3.80. The van der Waals surface area contributed by atoms with Crippen LogP contribution in [-0.4, -0.2) is 46.9 Å². The summed E-state index contributed by atoms with van der Waals surface area (Å²) in [6, 6.07) is -0.530. The zero-order valence-electron chi connectivity index (χ0n) is 10.4. The Morgan fingerprint density at radius 1 is 1.65 bits per heavy atom. The van der Waals surface area contributed by atoms with E-state index >= 15 is 0 Å². The lowest BCUT2D eigenvalue weighted by Crippen LogP contribution is -2.41. The van der Waals surface area contributed by atoms with Crippen molar-refractivity contribution in [1.29, 1.82) is 5.53 Å². The molecular weight excluding hydrogens is 224 g/mol. The highest BCUT2D eigenvalue weighted by atomic mass is 16.6. The lowest BCUT2D eigenvalue weighted by atomic mass is 10.2. The van der Waals surface area contributed by atoms with E-state index in [1.165, 1.54) is 4.90 Å². The van der Waals surface area contributed by atoms with E-state index < -0.39 is 11.7 Å². The molecule has 2 atom stereocenters. The molecule has 96 valence electrons. The number of nitrogens with one attached hydrogen (secondary N) is 1. The number of aliphatic hydroxyl groups is 1. The molecule has 17 heavy (non-hydrogen) atoms. The number of carbonyl (C=O) groups excluding carboxylic acids is 1. The summed E-state index contributed by atoms with van der Waals surface area (Å²) in [6.07, 6.45) is 0.0530. The van der Waals surface area contributed by atoms with Crippen LogP contribution in [0.4, 0.5) is 4.79 Å². The molecule has 0 radical (unpaired) electrons. The Balaban J connectivity index is 2.68. The first-order valence-corrected chi connectivity index (χ1v) is 5.54. The van der Waals surface area contributed by atoms with Crippen molar-refractivity contribution < 1.29 is 14.6 Å². The van der Waals surface area contributed by atoms with Gasteiger partial charge in [-0.2, -0.15) is 0 Å². The van der Waals surface area contributed by atoms with Crippen LogP contribution in [0.1, 0.15) is 27.2 Å². The number of ether oxygens (including phenoxy) is 1. The standard InChI is InChI=1S/C10H19N4O3/c1-10(2,3)17-9(16)14-5-7(12-13-11)4-8(14)6-15/h7-8,11,15H,4-6H2,1-3H3/q+1/t7-,8-/m0/s1. The molecule has 1 fully saturated rings. The van der Waals surface area contributed by atoms with Gasteiger partial charge in [-0.15, -0.1) is 0 Å². The summed E-state index contributed by atoms with van der Waals surface area (Å²) >= 11 is 0. The molecule has 0 aromatic carbocycles. The van der Waals surface area contributed by atoms with Crippen molar-refractivity contribution in [3.8, 4) is 0 Å². The average Bonchev–Trinajstić information content (AvgIpc) is 2.59. The number of rotatable bonds is 2. The minimum atomic E-state index is -0.563. The molecule has 0 aromatic rings. The first-order valence-electron chi connectivity index (χ1n) is 5.54. The molecule has 1 aliphatic rings. The van der Waals surface area contributed by atoms with Gasteiger partial charge >= 0.3 is 6.09 Å². The predicted octanol–water partition coefficient (Wildman–Crippen LogP) is 0.907. The zero-order valence-corrected chi connectivity index (χ0v) is 10.4. The Hall–Kier alpha value is -1.46. The molecule has 2 N–H and O–H groups in total. The Bertz CT molecular complexity index is 333. The first kappa shape index (κ1) is 13.6. The molecule has 0 aliphatic carbocycles. The third-order valence-electron chi connectivity index (χ3n) is 2.45. The van der Waals surface area contributed by atoms with Crippen LogP contribution in [0.15, 0.2) is 5.11 Å². The van der Waals surface area contributed by atoms with Crippen molar-refractivity contribution in [2.24, 2.45) is 5.11 Å².